The van der Waals surface area contributed by atoms with Gasteiger partial charge in [-0.2, -0.15) is 5.10 Å². The van der Waals surface area contributed by atoms with Gasteiger partial charge >= 0.3 is 5.97 Å². The van der Waals surface area contributed by atoms with Crippen molar-refractivity contribution >= 4 is 11.9 Å². The number of hydrogen-bond donors (Lipinski definition) is 3. The van der Waals surface area contributed by atoms with Gasteiger partial charge in [-0.05, 0) is 6.92 Å². The van der Waals surface area contributed by atoms with Gasteiger partial charge in [-0.3, -0.25) is 14.7 Å². The van der Waals surface area contributed by atoms with Crippen molar-refractivity contribution in [3.63, 3.8) is 0 Å². The lowest BCUT2D eigenvalue weighted by Crippen LogP contribution is -2.33. The van der Waals surface area contributed by atoms with Crippen LogP contribution in [0.15, 0.2) is 6.33 Å². The Morgan fingerprint density at radius 2 is 2.43 bits per heavy atom. The van der Waals surface area contributed by atoms with Crippen LogP contribution in [0.25, 0.3) is 0 Å². The Morgan fingerprint density at radius 1 is 1.71 bits per heavy atom. The molecule has 0 aliphatic heterocycles. The zero-order valence-electron chi connectivity index (χ0n) is 7.52. The van der Waals surface area contributed by atoms with Crippen molar-refractivity contribution in [3.8, 4) is 0 Å². The van der Waals surface area contributed by atoms with Crippen molar-refractivity contribution in [1.29, 1.82) is 0 Å². The Balaban J connectivity index is 2.39. The number of carboxylic acids is 1. The van der Waals surface area contributed by atoms with E-state index in [9.17, 15) is 9.59 Å². The summed E-state index contributed by atoms with van der Waals surface area (Å²) in [6, 6.07) is 0. The third-order valence-electron chi connectivity index (χ3n) is 1.66. The van der Waals surface area contributed by atoms with E-state index < -0.39 is 17.8 Å². The third kappa shape index (κ3) is 2.54. The number of carboxylic acid groups (broad SMARTS) is 1. The molecule has 0 saturated carbocycles. The maximum absolute atomic E-state index is 11.1. The molecule has 0 saturated heterocycles. The molecule has 0 fully saturated rings. The summed E-state index contributed by atoms with van der Waals surface area (Å²) in [5.74, 6) is -2.28. The maximum atomic E-state index is 11.1. The van der Waals surface area contributed by atoms with E-state index >= 15 is 0 Å². The highest BCUT2D eigenvalue weighted by Crippen LogP contribution is 1.95. The predicted octanol–water partition coefficient (Wildman–Crippen LogP) is -0.858. The molecule has 0 bridgehead atoms. The number of carbonyl (C=O) groups is 2. The molecule has 3 N–H and O–H groups in total. The second-order valence-corrected chi connectivity index (χ2v) is 2.71. The molecule has 76 valence electrons. The van der Waals surface area contributed by atoms with E-state index in [0.717, 1.165) is 0 Å². The maximum Gasteiger partial charge on any atom is 0.315 e. The SMILES string of the molecule is CC(C(=O)O)C(=O)NCc1ncn[nH]1. The third-order valence-corrected chi connectivity index (χ3v) is 1.66. The molecule has 0 aromatic carbocycles. The van der Waals surface area contributed by atoms with E-state index in [1.165, 1.54) is 13.3 Å². The molecule has 0 aliphatic carbocycles. The van der Waals surface area contributed by atoms with Gasteiger partial charge in [0.1, 0.15) is 18.1 Å². The molecule has 7 heteroatoms. The number of nitrogens with zero attached hydrogens (tertiary/aromatic N) is 2. The second-order valence-electron chi connectivity index (χ2n) is 2.71. The number of nitrogens with one attached hydrogen (secondary N) is 2. The van der Waals surface area contributed by atoms with Crippen LogP contribution in [0.2, 0.25) is 0 Å². The summed E-state index contributed by atoms with van der Waals surface area (Å²) in [4.78, 5) is 25.3. The van der Waals surface area contributed by atoms with Crippen LogP contribution >= 0.6 is 0 Å². The van der Waals surface area contributed by atoms with Gasteiger partial charge in [-0.1, -0.05) is 0 Å². The number of aromatic amines is 1. The van der Waals surface area contributed by atoms with Crippen molar-refractivity contribution in [1.82, 2.24) is 20.5 Å². The normalized spacial score (nSPS) is 12.1. The van der Waals surface area contributed by atoms with E-state index in [1.54, 1.807) is 0 Å². The Bertz CT molecular complexity index is 322. The van der Waals surface area contributed by atoms with Crippen LogP contribution in [0.4, 0.5) is 0 Å². The Morgan fingerprint density at radius 3 is 2.93 bits per heavy atom. The highest BCUT2D eigenvalue weighted by molar-refractivity contribution is 5.96. The summed E-state index contributed by atoms with van der Waals surface area (Å²) < 4.78 is 0. The first kappa shape index (κ1) is 10.2. The standard InChI is InChI=1S/C7H10N4O3/c1-4(7(13)14)6(12)8-2-5-9-3-10-11-5/h3-4H,2H2,1H3,(H,8,12)(H,13,14)(H,9,10,11). The van der Waals surface area contributed by atoms with Crippen LogP contribution in [0.5, 0.6) is 0 Å². The van der Waals surface area contributed by atoms with Gasteiger partial charge in [0.2, 0.25) is 5.91 Å². The van der Waals surface area contributed by atoms with Gasteiger partial charge in [0, 0.05) is 0 Å². The average molecular weight is 198 g/mol. The van der Waals surface area contributed by atoms with Crippen molar-refractivity contribution in [2.24, 2.45) is 5.92 Å². The van der Waals surface area contributed by atoms with Crippen LogP contribution < -0.4 is 5.32 Å². The van der Waals surface area contributed by atoms with Crippen molar-refractivity contribution < 1.29 is 14.7 Å². The van der Waals surface area contributed by atoms with Gasteiger partial charge < -0.3 is 10.4 Å². The van der Waals surface area contributed by atoms with E-state index in [2.05, 4.69) is 20.5 Å². The molecular weight excluding hydrogens is 188 g/mol. The first-order valence-corrected chi connectivity index (χ1v) is 3.96. The monoisotopic (exact) mass is 198 g/mol. The number of hydrogen-bond acceptors (Lipinski definition) is 4. The number of amides is 1. The molecular formula is C7H10N4O3. The molecule has 1 heterocycles. The minimum atomic E-state index is -1.15. The Kier molecular flexibility index (Phi) is 3.16. The van der Waals surface area contributed by atoms with Gasteiger partial charge in [0.25, 0.3) is 0 Å². The van der Waals surface area contributed by atoms with Gasteiger partial charge in [-0.15, -0.1) is 0 Å². The van der Waals surface area contributed by atoms with Gasteiger partial charge in [0.15, 0.2) is 0 Å². The number of aromatic nitrogens is 3. The largest absolute Gasteiger partial charge is 0.481 e. The predicted molar refractivity (Wildman–Crippen MR) is 45.0 cm³/mol. The molecule has 14 heavy (non-hydrogen) atoms. The number of rotatable bonds is 4. The Hall–Kier alpha value is -1.92. The molecule has 7 nitrogen and oxygen atoms in total. The lowest BCUT2D eigenvalue weighted by Gasteiger charge is -2.05. The van der Waals surface area contributed by atoms with Crippen LogP contribution in [0.1, 0.15) is 12.7 Å². The molecule has 1 amide bonds. The first-order chi connectivity index (χ1) is 6.61. The average Bonchev–Trinajstić information content (AvgIpc) is 2.65. The molecule has 0 aliphatic rings. The minimum Gasteiger partial charge on any atom is -0.481 e. The fourth-order valence-electron chi connectivity index (χ4n) is 0.752. The summed E-state index contributed by atoms with van der Waals surface area (Å²) in [7, 11) is 0. The van der Waals surface area contributed by atoms with Gasteiger partial charge in [-0.25, -0.2) is 4.98 Å². The van der Waals surface area contributed by atoms with Crippen molar-refractivity contribution in [2.45, 2.75) is 13.5 Å². The molecule has 1 aromatic heterocycles. The number of carbonyl (C=O) groups excluding carboxylic acids is 1. The molecule has 1 rings (SSSR count). The summed E-state index contributed by atoms with van der Waals surface area (Å²) in [5.41, 5.74) is 0. The van der Waals surface area contributed by atoms with E-state index in [1.807, 2.05) is 0 Å². The second kappa shape index (κ2) is 4.35. The van der Waals surface area contributed by atoms with E-state index in [0.29, 0.717) is 5.82 Å². The van der Waals surface area contributed by atoms with Crippen molar-refractivity contribution in [2.75, 3.05) is 0 Å². The fraction of sp³-hybridized carbons (Fsp3) is 0.429. The van der Waals surface area contributed by atoms with Crippen LogP contribution in [0.3, 0.4) is 0 Å². The highest BCUT2D eigenvalue weighted by atomic mass is 16.4. The minimum absolute atomic E-state index is 0.149. The zero-order valence-corrected chi connectivity index (χ0v) is 7.52. The summed E-state index contributed by atoms with van der Waals surface area (Å²) in [5, 5.41) is 17.0. The van der Waals surface area contributed by atoms with Crippen LogP contribution in [-0.2, 0) is 16.1 Å². The lowest BCUT2D eigenvalue weighted by molar-refractivity contribution is -0.146. The number of H-pyrrole nitrogens is 1. The van der Waals surface area contributed by atoms with E-state index in [4.69, 9.17) is 5.11 Å². The van der Waals surface area contributed by atoms with Crippen LogP contribution in [-0.4, -0.2) is 32.2 Å². The molecule has 0 radical (unpaired) electrons. The number of aliphatic carboxylic acids is 1. The quantitative estimate of drug-likeness (QED) is 0.545. The topological polar surface area (TPSA) is 108 Å². The Labute approximate surface area is 79.5 Å². The summed E-state index contributed by atoms with van der Waals surface area (Å²) >= 11 is 0. The van der Waals surface area contributed by atoms with Crippen LogP contribution in [0, 0.1) is 5.92 Å². The fourth-order valence-corrected chi connectivity index (χ4v) is 0.752. The van der Waals surface area contributed by atoms with Gasteiger partial charge in [0.05, 0.1) is 6.54 Å². The molecule has 1 aromatic rings. The van der Waals surface area contributed by atoms with Crippen molar-refractivity contribution in [3.05, 3.63) is 12.2 Å². The smallest absolute Gasteiger partial charge is 0.315 e. The first-order valence-electron chi connectivity index (χ1n) is 3.96. The summed E-state index contributed by atoms with van der Waals surface area (Å²) in [6.07, 6.45) is 1.31. The van der Waals surface area contributed by atoms with E-state index in [-0.39, 0.29) is 6.54 Å². The lowest BCUT2D eigenvalue weighted by atomic mass is 10.2. The highest BCUT2D eigenvalue weighted by Gasteiger charge is 2.19. The molecule has 1 atom stereocenters. The zero-order chi connectivity index (χ0) is 10.6. The molecule has 1 unspecified atom stereocenters. The summed E-state index contributed by atoms with van der Waals surface area (Å²) in [6.45, 7) is 1.47. The molecule has 0 spiro atoms.